The Morgan fingerprint density at radius 1 is 1.06 bits per heavy atom. The average Bonchev–Trinajstić information content (AvgIpc) is 3.26. The fraction of sp³-hybridized carbons (Fsp3) is 0.871. The molecule has 1 spiro atoms. The third-order valence-corrected chi connectivity index (χ3v) is 12.4. The van der Waals surface area contributed by atoms with Crippen LogP contribution in [0, 0.1) is 46.3 Å². The standard InChI is InChI=1S/C31H47NO4/c1-18-9-14-31(32(17-18)20(3)33)19(2)28-27(36-31)16-26-24-8-7-22-15-23(35-21(4)34)10-12-29(22,5)25(24)11-13-30(26,28)6/h7,18-19,23-28H,8-17H2,1-6H3/t18-,19-,23+,24-,25+,26+,27+,28+,29+,30+,31+/m1/s1. The molecule has 0 unspecified atom stereocenters. The Bertz CT molecular complexity index is 976. The van der Waals surface area contributed by atoms with Crippen molar-refractivity contribution in [3.8, 4) is 0 Å². The van der Waals surface area contributed by atoms with Gasteiger partial charge in [0.15, 0.2) is 0 Å². The van der Waals surface area contributed by atoms with Gasteiger partial charge < -0.3 is 14.4 Å². The number of hydrogen-bond acceptors (Lipinski definition) is 4. The molecule has 6 rings (SSSR count). The maximum Gasteiger partial charge on any atom is 0.302 e. The van der Waals surface area contributed by atoms with E-state index in [4.69, 9.17) is 9.47 Å². The van der Waals surface area contributed by atoms with Crippen LogP contribution in [0.15, 0.2) is 11.6 Å². The maximum absolute atomic E-state index is 12.8. The van der Waals surface area contributed by atoms with Crippen molar-refractivity contribution in [1.82, 2.24) is 4.90 Å². The molecule has 5 nitrogen and oxygen atoms in total. The first kappa shape index (κ1) is 24.9. The highest BCUT2D eigenvalue weighted by Crippen LogP contribution is 2.70. The summed E-state index contributed by atoms with van der Waals surface area (Å²) in [6, 6.07) is 0. The van der Waals surface area contributed by atoms with Crippen molar-refractivity contribution >= 4 is 11.9 Å². The number of piperidine rings is 1. The minimum Gasteiger partial charge on any atom is -0.462 e. The second kappa shape index (κ2) is 8.32. The highest BCUT2D eigenvalue weighted by Gasteiger charge is 2.69. The number of amides is 1. The first-order chi connectivity index (χ1) is 17.0. The Hall–Kier alpha value is -1.36. The molecule has 5 fully saturated rings. The molecular formula is C31H47NO4. The minimum absolute atomic E-state index is 0.0611. The second-order valence-corrected chi connectivity index (χ2v) is 14.1. The molecule has 0 radical (unpaired) electrons. The highest BCUT2D eigenvalue weighted by atomic mass is 16.5. The zero-order chi connectivity index (χ0) is 25.6. The minimum atomic E-state index is -0.390. The zero-order valence-electron chi connectivity index (χ0n) is 23.3. The van der Waals surface area contributed by atoms with Crippen LogP contribution >= 0.6 is 0 Å². The number of fused-ring (bicyclic) bond motifs is 7. The summed E-state index contributed by atoms with van der Waals surface area (Å²) in [5.41, 5.74) is 1.70. The topological polar surface area (TPSA) is 55.8 Å². The van der Waals surface area contributed by atoms with Gasteiger partial charge in [-0.2, -0.15) is 0 Å². The first-order valence-corrected chi connectivity index (χ1v) is 14.8. The molecule has 2 saturated heterocycles. The van der Waals surface area contributed by atoms with Crippen molar-refractivity contribution < 1.29 is 19.1 Å². The van der Waals surface area contributed by atoms with Crippen LogP contribution in [0.5, 0.6) is 0 Å². The number of nitrogens with zero attached hydrogens (tertiary/aromatic N) is 1. The Morgan fingerprint density at radius 2 is 1.83 bits per heavy atom. The fourth-order valence-electron chi connectivity index (χ4n) is 10.8. The first-order valence-electron chi connectivity index (χ1n) is 14.8. The van der Waals surface area contributed by atoms with Crippen LogP contribution in [-0.4, -0.2) is 41.3 Å². The van der Waals surface area contributed by atoms with Crippen molar-refractivity contribution in [3.63, 3.8) is 0 Å². The molecule has 6 aliphatic rings. The molecule has 200 valence electrons. The zero-order valence-corrected chi connectivity index (χ0v) is 23.3. The molecular weight excluding hydrogens is 450 g/mol. The van der Waals surface area contributed by atoms with Crippen LogP contribution in [0.2, 0.25) is 0 Å². The summed E-state index contributed by atoms with van der Waals surface area (Å²) >= 11 is 0. The number of likely N-dealkylation sites (tertiary alicyclic amines) is 1. The molecule has 1 amide bonds. The number of carbonyl (C=O) groups is 2. The van der Waals surface area contributed by atoms with E-state index >= 15 is 0 Å². The van der Waals surface area contributed by atoms with Gasteiger partial charge >= 0.3 is 5.97 Å². The van der Waals surface area contributed by atoms with Gasteiger partial charge in [0.1, 0.15) is 11.8 Å². The van der Waals surface area contributed by atoms with E-state index in [9.17, 15) is 9.59 Å². The van der Waals surface area contributed by atoms with E-state index in [0.717, 1.165) is 56.9 Å². The molecule has 0 aromatic heterocycles. The summed E-state index contributed by atoms with van der Waals surface area (Å²) in [5, 5.41) is 0. The normalized spacial score (nSPS) is 51.6. The molecule has 2 heterocycles. The quantitative estimate of drug-likeness (QED) is 0.324. The number of carbonyl (C=O) groups excluding carboxylic acids is 2. The predicted molar refractivity (Wildman–Crippen MR) is 139 cm³/mol. The van der Waals surface area contributed by atoms with Crippen molar-refractivity contribution in [2.45, 2.75) is 117 Å². The SMILES string of the molecule is CC(=O)O[C@H]1CC[C@@]2(C)C(=CC[C@H]3[C@@H]4C[C@@H]5O[C@@]6(CC[C@@H](C)CN6C(C)=O)[C@H](C)[C@@H]5[C@@]4(C)CC[C@@H]32)C1. The van der Waals surface area contributed by atoms with Crippen molar-refractivity contribution in [2.75, 3.05) is 6.54 Å². The number of ether oxygens (including phenoxy) is 2. The van der Waals surface area contributed by atoms with Gasteiger partial charge in [0.05, 0.1) is 6.10 Å². The van der Waals surface area contributed by atoms with Crippen LogP contribution in [-0.2, 0) is 19.1 Å². The van der Waals surface area contributed by atoms with Gasteiger partial charge in [-0.05, 0) is 91.8 Å². The van der Waals surface area contributed by atoms with E-state index in [0.29, 0.717) is 23.7 Å². The lowest BCUT2D eigenvalue weighted by molar-refractivity contribution is -0.200. The van der Waals surface area contributed by atoms with Crippen molar-refractivity contribution in [1.29, 1.82) is 0 Å². The molecule has 0 aromatic rings. The lowest BCUT2D eigenvalue weighted by Gasteiger charge is -2.59. The summed E-state index contributed by atoms with van der Waals surface area (Å²) in [6.07, 6.45) is 13.0. The van der Waals surface area contributed by atoms with Gasteiger partial charge in [0.2, 0.25) is 5.91 Å². The van der Waals surface area contributed by atoms with Crippen molar-refractivity contribution in [2.24, 2.45) is 46.3 Å². The van der Waals surface area contributed by atoms with Crippen LogP contribution < -0.4 is 0 Å². The second-order valence-electron chi connectivity index (χ2n) is 14.1. The molecule has 5 heteroatoms. The number of hydrogen-bond donors (Lipinski definition) is 0. The Labute approximate surface area is 217 Å². The molecule has 11 atom stereocenters. The van der Waals surface area contributed by atoms with Gasteiger partial charge in [-0.1, -0.05) is 39.3 Å². The van der Waals surface area contributed by atoms with Gasteiger partial charge in [0, 0.05) is 32.7 Å². The largest absolute Gasteiger partial charge is 0.462 e. The molecule has 36 heavy (non-hydrogen) atoms. The predicted octanol–water partition coefficient (Wildman–Crippen LogP) is 6.12. The van der Waals surface area contributed by atoms with Gasteiger partial charge in [-0.15, -0.1) is 0 Å². The van der Waals surface area contributed by atoms with E-state index in [1.54, 1.807) is 12.5 Å². The van der Waals surface area contributed by atoms with E-state index in [1.807, 2.05) is 0 Å². The molecule has 2 aliphatic heterocycles. The lowest BCUT2D eigenvalue weighted by atomic mass is 9.46. The van der Waals surface area contributed by atoms with E-state index in [1.165, 1.54) is 26.2 Å². The molecule has 0 N–H and O–H groups in total. The van der Waals surface area contributed by atoms with Gasteiger partial charge in [-0.25, -0.2) is 0 Å². The van der Waals surface area contributed by atoms with Crippen LogP contribution in [0.3, 0.4) is 0 Å². The molecule has 4 aliphatic carbocycles. The summed E-state index contributed by atoms with van der Waals surface area (Å²) in [4.78, 5) is 26.5. The van der Waals surface area contributed by atoms with Crippen LogP contribution in [0.25, 0.3) is 0 Å². The number of rotatable bonds is 1. The maximum atomic E-state index is 12.8. The summed E-state index contributed by atoms with van der Waals surface area (Å²) < 4.78 is 12.7. The molecule has 0 aromatic carbocycles. The van der Waals surface area contributed by atoms with Gasteiger partial charge in [-0.3, -0.25) is 9.59 Å². The fourth-order valence-corrected chi connectivity index (χ4v) is 10.8. The monoisotopic (exact) mass is 497 g/mol. The Kier molecular flexibility index (Phi) is 5.76. The van der Waals surface area contributed by atoms with Crippen LogP contribution in [0.4, 0.5) is 0 Å². The molecule has 0 bridgehead atoms. The third-order valence-electron chi connectivity index (χ3n) is 12.4. The van der Waals surface area contributed by atoms with Crippen molar-refractivity contribution in [3.05, 3.63) is 11.6 Å². The average molecular weight is 498 g/mol. The molecule has 3 saturated carbocycles. The van der Waals surface area contributed by atoms with Gasteiger partial charge in [0.25, 0.3) is 0 Å². The highest BCUT2D eigenvalue weighted by molar-refractivity contribution is 5.74. The van der Waals surface area contributed by atoms with E-state index < -0.39 is 0 Å². The Morgan fingerprint density at radius 3 is 2.56 bits per heavy atom. The lowest BCUT2D eigenvalue weighted by Crippen LogP contribution is -2.60. The Balaban J connectivity index is 1.26. The number of esters is 1. The number of allylic oxidation sites excluding steroid dienone is 1. The third kappa shape index (κ3) is 3.36. The van der Waals surface area contributed by atoms with E-state index in [2.05, 4.69) is 38.7 Å². The van der Waals surface area contributed by atoms with Crippen LogP contribution in [0.1, 0.15) is 99.3 Å². The summed E-state index contributed by atoms with van der Waals surface area (Å²) in [7, 11) is 0. The smallest absolute Gasteiger partial charge is 0.302 e. The summed E-state index contributed by atoms with van der Waals surface area (Å²) in [6.45, 7) is 13.9. The van der Waals surface area contributed by atoms with E-state index in [-0.39, 0.29) is 40.6 Å². The summed E-state index contributed by atoms with van der Waals surface area (Å²) in [5.74, 6) is 3.64.